The van der Waals surface area contributed by atoms with E-state index in [9.17, 15) is 0 Å². The highest BCUT2D eigenvalue weighted by Crippen LogP contribution is 2.57. The van der Waals surface area contributed by atoms with E-state index < -0.39 is 0 Å². The normalized spacial score (nSPS) is 12.6. The quantitative estimate of drug-likeness (QED) is 0.168. The monoisotopic (exact) mass is 886 g/mol. The van der Waals surface area contributed by atoms with E-state index in [0.717, 1.165) is 11.4 Å². The smallest absolute Gasteiger partial charge is 0.0634 e. The maximum absolute atomic E-state index is 2.65. The number of aromatic nitrogens is 4. The summed E-state index contributed by atoms with van der Waals surface area (Å²) in [5.41, 5.74) is 19.5. The molecule has 322 valence electrons. The molecule has 0 bridgehead atoms. The molecular formula is C66H38N4. The van der Waals surface area contributed by atoms with E-state index in [-0.39, 0.29) is 0 Å². The molecule has 0 spiro atoms. The van der Waals surface area contributed by atoms with Crippen LogP contribution in [0.4, 0.5) is 0 Å². The number of rotatable bonds is 4. The molecule has 0 N–H and O–H groups in total. The summed E-state index contributed by atoms with van der Waals surface area (Å²) in [6.07, 6.45) is 0. The topological polar surface area (TPSA) is 18.7 Å². The predicted octanol–water partition coefficient (Wildman–Crippen LogP) is 17.5. The molecule has 4 nitrogen and oxygen atoms in total. The minimum Gasteiger partial charge on any atom is -0.309 e. The largest absolute Gasteiger partial charge is 0.309 e. The predicted molar refractivity (Wildman–Crippen MR) is 295 cm³/mol. The molecule has 4 heteroatoms. The van der Waals surface area contributed by atoms with E-state index in [1.807, 2.05) is 0 Å². The van der Waals surface area contributed by atoms with Gasteiger partial charge in [0.1, 0.15) is 0 Å². The van der Waals surface area contributed by atoms with Crippen molar-refractivity contribution in [2.75, 3.05) is 0 Å². The Morgan fingerprint density at radius 1 is 0.214 bits per heavy atom. The van der Waals surface area contributed by atoms with Gasteiger partial charge in [-0.1, -0.05) is 170 Å². The van der Waals surface area contributed by atoms with E-state index in [1.54, 1.807) is 0 Å². The van der Waals surface area contributed by atoms with Gasteiger partial charge in [0.15, 0.2) is 0 Å². The van der Waals surface area contributed by atoms with Crippen LogP contribution >= 0.6 is 0 Å². The van der Waals surface area contributed by atoms with Crippen LogP contribution < -0.4 is 0 Å². The van der Waals surface area contributed by atoms with E-state index >= 15 is 0 Å². The summed E-state index contributed by atoms with van der Waals surface area (Å²) >= 11 is 0. The minimum atomic E-state index is 1.15. The molecule has 6 heterocycles. The van der Waals surface area contributed by atoms with Gasteiger partial charge in [-0.2, -0.15) is 0 Å². The molecule has 0 saturated carbocycles. The van der Waals surface area contributed by atoms with Crippen molar-refractivity contribution in [2.24, 2.45) is 0 Å². The van der Waals surface area contributed by atoms with Crippen molar-refractivity contribution in [1.82, 2.24) is 17.9 Å². The van der Waals surface area contributed by atoms with Crippen LogP contribution in [0.3, 0.4) is 0 Å². The first kappa shape index (κ1) is 36.7. The molecule has 0 saturated heterocycles. The first-order valence-corrected chi connectivity index (χ1v) is 24.3. The lowest BCUT2D eigenvalue weighted by Crippen LogP contribution is -1.94. The molecule has 0 aliphatic rings. The second kappa shape index (κ2) is 13.2. The lowest BCUT2D eigenvalue weighted by molar-refractivity contribution is 1.18. The highest BCUT2D eigenvalue weighted by Gasteiger charge is 2.33. The summed E-state index contributed by atoms with van der Waals surface area (Å²) in [6.45, 7) is 0. The van der Waals surface area contributed by atoms with Crippen LogP contribution in [0, 0.1) is 0 Å². The summed E-state index contributed by atoms with van der Waals surface area (Å²) in [6, 6.07) is 85.7. The zero-order valence-electron chi connectivity index (χ0n) is 37.7. The molecule has 0 fully saturated rings. The van der Waals surface area contributed by atoms with Crippen LogP contribution in [0.25, 0.3) is 153 Å². The Hall–Kier alpha value is -9.38. The van der Waals surface area contributed by atoms with Gasteiger partial charge < -0.3 is 17.9 Å². The second-order valence-corrected chi connectivity index (χ2v) is 19.1. The number of nitrogens with zero attached hydrogens (tertiary/aromatic N) is 4. The molecule has 0 radical (unpaired) electrons. The number of para-hydroxylation sites is 6. The first-order valence-electron chi connectivity index (χ1n) is 24.3. The standard InChI is InChI=1S/C66H38N4/c1-5-21-39(22-6-1)55-61-47-37-53-57(43-29-13-17-33-49(43)67(53)41-25-9-3-10-26-41)59-46-32-16-20-36-52(46)70(63(47)59)66(61)56(40-23-7-2-8-24-40)62-48-38-54-58(60-45-31-15-19-35-51(45)69(64(48)60)65(55)62)44-30-14-18-34-50(44)68(54)42-27-11-4-12-28-42/h1-38H. The van der Waals surface area contributed by atoms with Crippen LogP contribution in [0.15, 0.2) is 231 Å². The average molecular weight is 887 g/mol. The van der Waals surface area contributed by atoms with Gasteiger partial charge in [0, 0.05) is 87.1 Å². The Morgan fingerprint density at radius 2 is 0.529 bits per heavy atom. The van der Waals surface area contributed by atoms with Crippen LogP contribution in [-0.2, 0) is 0 Å². The Balaban J connectivity index is 1.22. The number of benzene rings is 11. The van der Waals surface area contributed by atoms with Crippen molar-refractivity contribution < 1.29 is 0 Å². The van der Waals surface area contributed by atoms with Gasteiger partial charge in [-0.25, -0.2) is 0 Å². The molecule has 11 aromatic carbocycles. The van der Waals surface area contributed by atoms with Crippen LogP contribution in [0.5, 0.6) is 0 Å². The first-order chi connectivity index (χ1) is 34.8. The molecule has 0 amide bonds. The molecular weight excluding hydrogens is 849 g/mol. The van der Waals surface area contributed by atoms with Gasteiger partial charge in [-0.05, 0) is 71.8 Å². The van der Waals surface area contributed by atoms with Gasteiger partial charge >= 0.3 is 0 Å². The molecule has 70 heavy (non-hydrogen) atoms. The van der Waals surface area contributed by atoms with Crippen LogP contribution in [0.2, 0.25) is 0 Å². The molecule has 17 rings (SSSR count). The fourth-order valence-corrected chi connectivity index (χ4v) is 13.2. The third kappa shape index (κ3) is 4.39. The molecule has 6 aromatic heterocycles. The lowest BCUT2D eigenvalue weighted by Gasteiger charge is -2.16. The van der Waals surface area contributed by atoms with Gasteiger partial charge in [-0.15, -0.1) is 0 Å². The van der Waals surface area contributed by atoms with Crippen molar-refractivity contribution in [3.63, 3.8) is 0 Å². The van der Waals surface area contributed by atoms with E-state index in [4.69, 9.17) is 0 Å². The van der Waals surface area contributed by atoms with Crippen LogP contribution in [-0.4, -0.2) is 17.9 Å². The summed E-state index contributed by atoms with van der Waals surface area (Å²) in [5, 5.41) is 15.3. The van der Waals surface area contributed by atoms with Crippen molar-refractivity contribution in [2.45, 2.75) is 0 Å². The minimum absolute atomic E-state index is 1.15. The van der Waals surface area contributed by atoms with Crippen molar-refractivity contribution >= 4 is 120 Å². The van der Waals surface area contributed by atoms with Gasteiger partial charge in [0.2, 0.25) is 0 Å². The van der Waals surface area contributed by atoms with Crippen molar-refractivity contribution in [3.05, 3.63) is 231 Å². The third-order valence-corrected chi connectivity index (χ3v) is 15.7. The Morgan fingerprint density at radius 3 is 0.914 bits per heavy atom. The Labute approximate surface area is 400 Å². The molecule has 0 aliphatic carbocycles. The number of hydrogen-bond acceptors (Lipinski definition) is 0. The highest BCUT2D eigenvalue weighted by molar-refractivity contribution is 6.43. The fourth-order valence-electron chi connectivity index (χ4n) is 13.2. The highest BCUT2D eigenvalue weighted by atomic mass is 15.0. The number of fused-ring (bicyclic) bond motifs is 20. The molecule has 0 aliphatic heterocycles. The Kier molecular flexibility index (Phi) is 6.92. The average Bonchev–Trinajstić information content (AvgIpc) is 4.27. The number of hydrogen-bond donors (Lipinski definition) is 0. The third-order valence-electron chi connectivity index (χ3n) is 15.7. The molecule has 17 aromatic rings. The lowest BCUT2D eigenvalue weighted by atomic mass is 9.89. The van der Waals surface area contributed by atoms with E-state index in [2.05, 4.69) is 248 Å². The van der Waals surface area contributed by atoms with E-state index in [0.29, 0.717) is 0 Å². The summed E-state index contributed by atoms with van der Waals surface area (Å²) < 4.78 is 10.3. The molecule has 0 atom stereocenters. The van der Waals surface area contributed by atoms with Crippen molar-refractivity contribution in [3.8, 4) is 33.6 Å². The SMILES string of the molecule is c1ccc(-c2c3c4cc5c(c6ccccc6n5-c5ccccc5)c5c6ccccc6n(c3c(-c3ccccc3)c3c6cc7c(c8ccccc8n7-c7ccccc7)c7c8ccccc8n(c23)c67)c45)cc1. The zero-order valence-corrected chi connectivity index (χ0v) is 37.7. The molecule has 0 unspecified atom stereocenters. The zero-order chi connectivity index (χ0) is 45.3. The van der Waals surface area contributed by atoms with E-state index in [1.165, 1.54) is 142 Å². The summed E-state index contributed by atoms with van der Waals surface area (Å²) in [5.74, 6) is 0. The maximum atomic E-state index is 2.65. The maximum Gasteiger partial charge on any atom is 0.0634 e. The second-order valence-electron chi connectivity index (χ2n) is 19.1. The summed E-state index contributed by atoms with van der Waals surface area (Å²) in [7, 11) is 0. The van der Waals surface area contributed by atoms with Gasteiger partial charge in [0.25, 0.3) is 0 Å². The van der Waals surface area contributed by atoms with Gasteiger partial charge in [-0.3, -0.25) is 0 Å². The Bertz CT molecular complexity index is 4690. The fraction of sp³-hybridized carbons (Fsp3) is 0. The summed E-state index contributed by atoms with van der Waals surface area (Å²) in [4.78, 5) is 0. The van der Waals surface area contributed by atoms with Crippen molar-refractivity contribution in [1.29, 1.82) is 0 Å². The van der Waals surface area contributed by atoms with Crippen LogP contribution in [0.1, 0.15) is 0 Å². The van der Waals surface area contributed by atoms with Gasteiger partial charge in [0.05, 0.1) is 55.2 Å².